The molecule has 0 fully saturated rings. The average molecular weight is 490 g/mol. The first-order valence-corrected chi connectivity index (χ1v) is 12.5. The van der Waals surface area contributed by atoms with E-state index in [0.717, 1.165) is 5.56 Å². The van der Waals surface area contributed by atoms with E-state index < -0.39 is 27.1 Å². The van der Waals surface area contributed by atoms with E-state index in [-0.39, 0.29) is 31.5 Å². The van der Waals surface area contributed by atoms with Gasteiger partial charge in [-0.05, 0) is 42.7 Å². The Hall–Kier alpha value is -3.24. The van der Waals surface area contributed by atoms with E-state index in [1.54, 1.807) is 48.5 Å². The number of hydrogen-bond acceptors (Lipinski definition) is 6. The number of rotatable bonds is 12. The van der Waals surface area contributed by atoms with Gasteiger partial charge < -0.3 is 15.4 Å². The van der Waals surface area contributed by atoms with Gasteiger partial charge in [-0.2, -0.15) is 0 Å². The first kappa shape index (κ1) is 27.0. The molecule has 0 aliphatic heterocycles. The van der Waals surface area contributed by atoms with E-state index in [4.69, 9.17) is 4.74 Å². The number of ether oxygens (including phenoxy) is 1. The number of esters is 1. The van der Waals surface area contributed by atoms with E-state index in [9.17, 15) is 22.8 Å². The summed E-state index contributed by atoms with van der Waals surface area (Å²) in [4.78, 5) is 36.2. The van der Waals surface area contributed by atoms with Gasteiger partial charge in [0, 0.05) is 30.8 Å². The minimum atomic E-state index is -3.97. The van der Waals surface area contributed by atoms with E-state index in [1.165, 1.54) is 6.92 Å². The molecule has 9 nitrogen and oxygen atoms in total. The van der Waals surface area contributed by atoms with Crippen LogP contribution in [0.15, 0.2) is 54.6 Å². The minimum Gasteiger partial charge on any atom is -0.460 e. The third-order valence-electron chi connectivity index (χ3n) is 4.76. The summed E-state index contributed by atoms with van der Waals surface area (Å²) in [5.41, 5.74) is 1.70. The van der Waals surface area contributed by atoms with Crippen molar-refractivity contribution in [2.75, 3.05) is 18.4 Å². The van der Waals surface area contributed by atoms with Crippen molar-refractivity contribution in [2.24, 2.45) is 5.92 Å². The third-order valence-corrected chi connectivity index (χ3v) is 6.49. The predicted octanol–water partition coefficient (Wildman–Crippen LogP) is 2.45. The fourth-order valence-electron chi connectivity index (χ4n) is 2.86. The summed E-state index contributed by atoms with van der Waals surface area (Å²) in [7, 11) is -3.97. The highest BCUT2D eigenvalue weighted by atomic mass is 32.2. The maximum Gasteiger partial charge on any atom is 0.325 e. The van der Waals surface area contributed by atoms with Gasteiger partial charge in [0.2, 0.25) is 15.9 Å². The predicted molar refractivity (Wildman–Crippen MR) is 129 cm³/mol. The Morgan fingerprint density at radius 3 is 2.18 bits per heavy atom. The largest absolute Gasteiger partial charge is 0.460 e. The second-order valence-electron chi connectivity index (χ2n) is 8.15. The number of hydrogen-bond donors (Lipinski definition) is 3. The van der Waals surface area contributed by atoms with Crippen molar-refractivity contribution in [1.29, 1.82) is 0 Å². The number of sulfonamides is 1. The molecule has 0 heterocycles. The van der Waals surface area contributed by atoms with Crippen LogP contribution in [0.25, 0.3) is 0 Å². The van der Waals surface area contributed by atoms with Crippen LogP contribution in [0.1, 0.15) is 43.1 Å². The summed E-state index contributed by atoms with van der Waals surface area (Å²) >= 11 is 0. The van der Waals surface area contributed by atoms with Gasteiger partial charge >= 0.3 is 5.97 Å². The normalized spacial score (nSPS) is 12.1. The molecule has 1 unspecified atom stereocenters. The van der Waals surface area contributed by atoms with Gasteiger partial charge in [0.05, 0.1) is 0 Å². The zero-order valence-corrected chi connectivity index (χ0v) is 20.4. The van der Waals surface area contributed by atoms with Crippen molar-refractivity contribution in [3.8, 4) is 0 Å². The van der Waals surface area contributed by atoms with Crippen molar-refractivity contribution in [3.05, 3.63) is 65.7 Å². The smallest absolute Gasteiger partial charge is 0.325 e. The highest BCUT2D eigenvalue weighted by molar-refractivity contribution is 7.90. The quantitative estimate of drug-likeness (QED) is 0.310. The van der Waals surface area contributed by atoms with Crippen LogP contribution < -0.4 is 15.4 Å². The highest BCUT2D eigenvalue weighted by Gasteiger charge is 2.29. The molecular formula is C24H31N3O6S. The Bertz CT molecular complexity index is 1070. The number of anilines is 1. The van der Waals surface area contributed by atoms with E-state index >= 15 is 0 Å². The lowest BCUT2D eigenvalue weighted by Crippen LogP contribution is -2.41. The second-order valence-corrected chi connectivity index (χ2v) is 10.2. The van der Waals surface area contributed by atoms with Crippen molar-refractivity contribution >= 4 is 33.5 Å². The van der Waals surface area contributed by atoms with E-state index in [2.05, 4.69) is 15.4 Å². The van der Waals surface area contributed by atoms with Crippen LogP contribution >= 0.6 is 0 Å². The minimum absolute atomic E-state index is 0.0181. The molecule has 184 valence electrons. The Kier molecular flexibility index (Phi) is 10.2. The van der Waals surface area contributed by atoms with Gasteiger partial charge in [0.1, 0.15) is 6.61 Å². The van der Waals surface area contributed by atoms with Crippen LogP contribution in [0.5, 0.6) is 0 Å². The molecular weight excluding hydrogens is 458 g/mol. The van der Waals surface area contributed by atoms with Crippen LogP contribution in [0, 0.1) is 5.92 Å². The number of carbonyl (C=O) groups excluding carboxylic acids is 3. The van der Waals surface area contributed by atoms with Crippen LogP contribution in [-0.4, -0.2) is 44.5 Å². The number of benzene rings is 2. The molecule has 0 spiro atoms. The van der Waals surface area contributed by atoms with Crippen LogP contribution in [-0.2, 0) is 31.0 Å². The summed E-state index contributed by atoms with van der Waals surface area (Å²) in [6.45, 7) is 5.06. The number of nitrogens with one attached hydrogen (secondary N) is 3. The SMILES string of the molecule is CC(C)CC(=O)Nc1ccc(C(=O)NCCNS(=O)(=O)C(C)C(=O)OCc2ccccc2)cc1. The summed E-state index contributed by atoms with van der Waals surface area (Å²) in [6, 6.07) is 15.3. The Morgan fingerprint density at radius 2 is 1.56 bits per heavy atom. The topological polar surface area (TPSA) is 131 Å². The molecule has 0 aromatic heterocycles. The zero-order valence-electron chi connectivity index (χ0n) is 19.5. The summed E-state index contributed by atoms with van der Waals surface area (Å²) in [5.74, 6) is -1.11. The van der Waals surface area contributed by atoms with Gasteiger partial charge in [0.15, 0.2) is 5.25 Å². The molecule has 1 atom stereocenters. The van der Waals surface area contributed by atoms with Crippen LogP contribution in [0.4, 0.5) is 5.69 Å². The van der Waals surface area contributed by atoms with Crippen LogP contribution in [0.2, 0.25) is 0 Å². The van der Waals surface area contributed by atoms with Crippen molar-refractivity contribution in [2.45, 2.75) is 39.0 Å². The molecule has 2 amide bonds. The molecule has 2 aromatic carbocycles. The van der Waals surface area contributed by atoms with Gasteiger partial charge in [0.25, 0.3) is 5.91 Å². The zero-order chi connectivity index (χ0) is 25.1. The molecule has 0 saturated heterocycles. The number of amides is 2. The van der Waals surface area contributed by atoms with Crippen molar-refractivity contribution in [1.82, 2.24) is 10.0 Å². The molecule has 0 bridgehead atoms. The average Bonchev–Trinajstić information content (AvgIpc) is 2.80. The molecule has 0 saturated carbocycles. The number of carbonyl (C=O) groups is 3. The monoisotopic (exact) mass is 489 g/mol. The lowest BCUT2D eigenvalue weighted by molar-refractivity contribution is -0.144. The highest BCUT2D eigenvalue weighted by Crippen LogP contribution is 2.11. The van der Waals surface area contributed by atoms with Crippen LogP contribution in [0.3, 0.4) is 0 Å². The third kappa shape index (κ3) is 8.95. The Labute approximate surface area is 200 Å². The molecule has 0 radical (unpaired) electrons. The van der Waals surface area contributed by atoms with Gasteiger partial charge in [-0.25, -0.2) is 13.1 Å². The Balaban J connectivity index is 1.75. The summed E-state index contributed by atoms with van der Waals surface area (Å²) < 4.78 is 32.0. The lowest BCUT2D eigenvalue weighted by atomic mass is 10.1. The second kappa shape index (κ2) is 12.9. The Morgan fingerprint density at radius 1 is 0.912 bits per heavy atom. The maximum absolute atomic E-state index is 12.3. The van der Waals surface area contributed by atoms with Gasteiger partial charge in [-0.1, -0.05) is 44.2 Å². The fourth-order valence-corrected chi connectivity index (χ4v) is 3.81. The molecule has 3 N–H and O–H groups in total. The first-order chi connectivity index (χ1) is 16.1. The van der Waals surface area contributed by atoms with Gasteiger partial charge in [-0.3, -0.25) is 14.4 Å². The maximum atomic E-state index is 12.3. The standard InChI is InChI=1S/C24H31N3O6S/c1-17(2)15-22(28)27-21-11-9-20(10-12-21)23(29)25-13-14-26-34(31,32)18(3)24(30)33-16-19-7-5-4-6-8-19/h4-12,17-18,26H,13-16H2,1-3H3,(H,25,29)(H,27,28). The van der Waals surface area contributed by atoms with E-state index in [0.29, 0.717) is 17.7 Å². The fraction of sp³-hybridized carbons (Fsp3) is 0.375. The van der Waals surface area contributed by atoms with Gasteiger partial charge in [-0.15, -0.1) is 0 Å². The lowest BCUT2D eigenvalue weighted by Gasteiger charge is -2.14. The summed E-state index contributed by atoms with van der Waals surface area (Å²) in [6.07, 6.45) is 0.404. The van der Waals surface area contributed by atoms with Crippen molar-refractivity contribution < 1.29 is 27.5 Å². The first-order valence-electron chi connectivity index (χ1n) is 11.0. The van der Waals surface area contributed by atoms with E-state index in [1.807, 2.05) is 19.9 Å². The molecule has 0 aliphatic rings. The van der Waals surface area contributed by atoms with Crippen molar-refractivity contribution in [3.63, 3.8) is 0 Å². The molecule has 10 heteroatoms. The molecule has 0 aliphatic carbocycles. The summed E-state index contributed by atoms with van der Waals surface area (Å²) in [5, 5.41) is 3.97. The molecule has 34 heavy (non-hydrogen) atoms. The molecule has 2 aromatic rings. The molecule has 2 rings (SSSR count).